The molecule has 0 aliphatic heterocycles. The average Bonchev–Trinajstić information content (AvgIpc) is 2.63. The van der Waals surface area contributed by atoms with Gasteiger partial charge < -0.3 is 10.6 Å². The van der Waals surface area contributed by atoms with E-state index in [0.717, 1.165) is 16.8 Å². The van der Waals surface area contributed by atoms with Crippen molar-refractivity contribution in [2.24, 2.45) is 0 Å². The quantitative estimate of drug-likeness (QED) is 0.735. The fourth-order valence-corrected chi connectivity index (χ4v) is 2.36. The molecule has 0 fully saturated rings. The lowest BCUT2D eigenvalue weighted by molar-refractivity contribution is 0.0947. The molecule has 0 atom stereocenters. The van der Waals surface area contributed by atoms with E-state index in [1.807, 2.05) is 37.3 Å². The largest absolute Gasteiger partial charge is 0.355 e. The number of amides is 1. The van der Waals surface area contributed by atoms with Crippen molar-refractivity contribution >= 4 is 17.3 Å². The molecule has 1 amide bonds. The number of aromatic nitrogens is 1. The van der Waals surface area contributed by atoms with Gasteiger partial charge in [-0.15, -0.1) is 0 Å². The Labute approximate surface area is 145 Å². The Hall–Kier alpha value is -3.21. The van der Waals surface area contributed by atoms with Gasteiger partial charge in [-0.25, -0.2) is 4.39 Å². The van der Waals surface area contributed by atoms with Crippen LogP contribution in [0, 0.1) is 12.7 Å². The van der Waals surface area contributed by atoms with Gasteiger partial charge in [0.05, 0.1) is 5.56 Å². The van der Waals surface area contributed by atoms with Gasteiger partial charge >= 0.3 is 0 Å². The standard InChI is InChI=1S/C20H18FN3O/c1-14-4-6-16(7-5-14)24-17-8-9-18(19(21)11-17)20(25)23-13-15-3-2-10-22-12-15/h2-12,24H,13H2,1H3,(H,23,25). The summed E-state index contributed by atoms with van der Waals surface area (Å²) in [5.41, 5.74) is 3.47. The second-order valence-corrected chi connectivity index (χ2v) is 5.73. The first kappa shape index (κ1) is 16.6. The van der Waals surface area contributed by atoms with Gasteiger partial charge in [0.1, 0.15) is 5.82 Å². The molecular formula is C20H18FN3O. The molecule has 25 heavy (non-hydrogen) atoms. The molecule has 0 aliphatic carbocycles. The number of hydrogen-bond acceptors (Lipinski definition) is 3. The molecule has 4 nitrogen and oxygen atoms in total. The van der Waals surface area contributed by atoms with Gasteiger partial charge in [-0.2, -0.15) is 0 Å². The summed E-state index contributed by atoms with van der Waals surface area (Å²) in [6.07, 6.45) is 3.32. The zero-order valence-electron chi connectivity index (χ0n) is 13.8. The molecule has 0 radical (unpaired) electrons. The molecule has 3 aromatic rings. The van der Waals surface area contributed by atoms with E-state index in [9.17, 15) is 9.18 Å². The van der Waals surface area contributed by atoms with Crippen LogP contribution in [0.25, 0.3) is 0 Å². The fourth-order valence-electron chi connectivity index (χ4n) is 2.36. The summed E-state index contributed by atoms with van der Waals surface area (Å²) in [6.45, 7) is 2.30. The Balaban J connectivity index is 1.66. The van der Waals surface area contributed by atoms with E-state index in [1.165, 1.54) is 12.1 Å². The first-order valence-corrected chi connectivity index (χ1v) is 7.92. The number of carbonyl (C=O) groups is 1. The van der Waals surface area contributed by atoms with E-state index in [1.54, 1.807) is 24.5 Å². The predicted molar refractivity (Wildman–Crippen MR) is 96.3 cm³/mol. The van der Waals surface area contributed by atoms with E-state index in [4.69, 9.17) is 0 Å². The topological polar surface area (TPSA) is 54.0 Å². The monoisotopic (exact) mass is 335 g/mol. The number of carbonyl (C=O) groups excluding carboxylic acids is 1. The normalized spacial score (nSPS) is 10.3. The maximum atomic E-state index is 14.3. The molecular weight excluding hydrogens is 317 g/mol. The average molecular weight is 335 g/mol. The highest BCUT2D eigenvalue weighted by atomic mass is 19.1. The molecule has 5 heteroatoms. The Bertz CT molecular complexity index is 864. The Morgan fingerprint density at radius 3 is 2.52 bits per heavy atom. The highest BCUT2D eigenvalue weighted by Crippen LogP contribution is 2.20. The number of nitrogens with one attached hydrogen (secondary N) is 2. The minimum atomic E-state index is -0.569. The number of aryl methyl sites for hydroxylation is 1. The molecule has 0 bridgehead atoms. The van der Waals surface area contributed by atoms with Crippen LogP contribution in [0.3, 0.4) is 0 Å². The maximum Gasteiger partial charge on any atom is 0.254 e. The van der Waals surface area contributed by atoms with E-state index < -0.39 is 11.7 Å². The first-order valence-electron chi connectivity index (χ1n) is 7.92. The molecule has 0 spiro atoms. The van der Waals surface area contributed by atoms with Crippen molar-refractivity contribution in [1.82, 2.24) is 10.3 Å². The minimum Gasteiger partial charge on any atom is -0.355 e. The number of pyridine rings is 1. The van der Waals surface area contributed by atoms with Crippen LogP contribution < -0.4 is 10.6 Å². The van der Waals surface area contributed by atoms with Crippen LogP contribution in [0.15, 0.2) is 67.0 Å². The lowest BCUT2D eigenvalue weighted by Gasteiger charge is -2.10. The Kier molecular flexibility index (Phi) is 5.04. The fraction of sp³-hybridized carbons (Fsp3) is 0.100. The van der Waals surface area contributed by atoms with E-state index in [0.29, 0.717) is 12.2 Å². The summed E-state index contributed by atoms with van der Waals surface area (Å²) >= 11 is 0. The summed E-state index contributed by atoms with van der Waals surface area (Å²) in [7, 11) is 0. The molecule has 0 saturated heterocycles. The summed E-state index contributed by atoms with van der Waals surface area (Å²) in [5, 5.41) is 5.81. The molecule has 2 N–H and O–H groups in total. The number of hydrogen-bond donors (Lipinski definition) is 2. The van der Waals surface area contributed by atoms with Gasteiger partial charge in [0.25, 0.3) is 5.91 Å². The molecule has 0 saturated carbocycles. The van der Waals surface area contributed by atoms with Crippen molar-refractivity contribution < 1.29 is 9.18 Å². The van der Waals surface area contributed by atoms with E-state index >= 15 is 0 Å². The van der Waals surface area contributed by atoms with Crippen LogP contribution in [-0.2, 0) is 6.54 Å². The predicted octanol–water partition coefficient (Wildman–Crippen LogP) is 4.20. The molecule has 0 unspecified atom stereocenters. The number of benzene rings is 2. The van der Waals surface area contributed by atoms with Gasteiger partial charge in [0.15, 0.2) is 0 Å². The maximum absolute atomic E-state index is 14.3. The minimum absolute atomic E-state index is 0.0124. The zero-order chi connectivity index (χ0) is 17.6. The van der Waals surface area contributed by atoms with Crippen molar-refractivity contribution in [1.29, 1.82) is 0 Å². The van der Waals surface area contributed by atoms with Crippen LogP contribution in [0.4, 0.5) is 15.8 Å². The molecule has 1 aromatic heterocycles. The third-order valence-electron chi connectivity index (χ3n) is 3.73. The van der Waals surface area contributed by atoms with Gasteiger partial charge in [0, 0.05) is 30.3 Å². The summed E-state index contributed by atoms with van der Waals surface area (Å²) in [4.78, 5) is 16.1. The van der Waals surface area contributed by atoms with Crippen LogP contribution >= 0.6 is 0 Å². The highest BCUT2D eigenvalue weighted by Gasteiger charge is 2.12. The lowest BCUT2D eigenvalue weighted by Crippen LogP contribution is -2.23. The first-order chi connectivity index (χ1) is 12.1. The lowest BCUT2D eigenvalue weighted by atomic mass is 10.1. The van der Waals surface area contributed by atoms with Crippen LogP contribution in [0.5, 0.6) is 0 Å². The number of halogens is 1. The molecule has 2 aromatic carbocycles. The van der Waals surface area contributed by atoms with Gasteiger partial charge in [0.2, 0.25) is 0 Å². The highest BCUT2D eigenvalue weighted by molar-refractivity contribution is 5.94. The molecule has 3 rings (SSSR count). The molecule has 0 aliphatic rings. The third-order valence-corrected chi connectivity index (χ3v) is 3.73. The van der Waals surface area contributed by atoms with Crippen LogP contribution in [-0.4, -0.2) is 10.9 Å². The second kappa shape index (κ2) is 7.57. The second-order valence-electron chi connectivity index (χ2n) is 5.73. The summed E-state index contributed by atoms with van der Waals surface area (Å²) in [5.74, 6) is -1.02. The number of rotatable bonds is 5. The summed E-state index contributed by atoms with van der Waals surface area (Å²) in [6, 6.07) is 15.9. The Morgan fingerprint density at radius 1 is 1.08 bits per heavy atom. The van der Waals surface area contributed by atoms with Crippen molar-refractivity contribution in [3.05, 3.63) is 89.5 Å². The number of nitrogens with zero attached hydrogens (tertiary/aromatic N) is 1. The van der Waals surface area contributed by atoms with E-state index in [2.05, 4.69) is 15.6 Å². The van der Waals surface area contributed by atoms with Gasteiger partial charge in [-0.05, 0) is 48.9 Å². The number of anilines is 2. The molecule has 1 heterocycles. The Morgan fingerprint density at radius 2 is 1.84 bits per heavy atom. The van der Waals surface area contributed by atoms with Gasteiger partial charge in [-0.1, -0.05) is 23.8 Å². The zero-order valence-corrected chi connectivity index (χ0v) is 13.8. The third kappa shape index (κ3) is 4.41. The van der Waals surface area contributed by atoms with Crippen LogP contribution in [0.2, 0.25) is 0 Å². The smallest absolute Gasteiger partial charge is 0.254 e. The SMILES string of the molecule is Cc1ccc(Nc2ccc(C(=O)NCc3cccnc3)c(F)c2)cc1. The van der Waals surface area contributed by atoms with Crippen molar-refractivity contribution in [2.75, 3.05) is 5.32 Å². The van der Waals surface area contributed by atoms with Gasteiger partial charge in [-0.3, -0.25) is 9.78 Å². The van der Waals surface area contributed by atoms with Crippen molar-refractivity contribution in [3.63, 3.8) is 0 Å². The molecule has 126 valence electrons. The van der Waals surface area contributed by atoms with E-state index in [-0.39, 0.29) is 5.56 Å². The van der Waals surface area contributed by atoms with Crippen molar-refractivity contribution in [2.45, 2.75) is 13.5 Å². The van der Waals surface area contributed by atoms with Crippen LogP contribution in [0.1, 0.15) is 21.5 Å². The van der Waals surface area contributed by atoms with Crippen molar-refractivity contribution in [3.8, 4) is 0 Å². The summed E-state index contributed by atoms with van der Waals surface area (Å²) < 4.78 is 14.3.